The minimum Gasteiger partial charge on any atom is -0.448 e. The molecule has 144 valence electrons. The SMILES string of the molecule is C[C@H](OC(=O)c1cc(=O)c2ccccc2[nH]1)C(=O)Nc1ccc(F)c(F)c1F. The van der Waals surface area contributed by atoms with E-state index in [1.165, 1.54) is 6.92 Å². The van der Waals surface area contributed by atoms with E-state index in [-0.39, 0.29) is 5.69 Å². The van der Waals surface area contributed by atoms with Crippen LogP contribution in [0.25, 0.3) is 10.9 Å². The number of carbonyl (C=O) groups is 2. The second-order valence-electron chi connectivity index (χ2n) is 5.85. The topological polar surface area (TPSA) is 88.3 Å². The molecule has 0 bridgehead atoms. The number of amides is 1. The fraction of sp³-hybridized carbons (Fsp3) is 0.105. The van der Waals surface area contributed by atoms with Gasteiger partial charge in [-0.3, -0.25) is 9.59 Å². The van der Waals surface area contributed by atoms with Gasteiger partial charge in [0.1, 0.15) is 5.69 Å². The van der Waals surface area contributed by atoms with Crippen LogP contribution in [0.1, 0.15) is 17.4 Å². The fourth-order valence-electron chi connectivity index (χ4n) is 2.44. The van der Waals surface area contributed by atoms with Gasteiger partial charge in [-0.1, -0.05) is 12.1 Å². The van der Waals surface area contributed by atoms with Crippen molar-refractivity contribution in [1.29, 1.82) is 0 Å². The van der Waals surface area contributed by atoms with E-state index in [4.69, 9.17) is 4.74 Å². The molecule has 0 unspecified atom stereocenters. The van der Waals surface area contributed by atoms with Crippen LogP contribution in [-0.4, -0.2) is 23.0 Å². The van der Waals surface area contributed by atoms with Crippen LogP contribution in [0.4, 0.5) is 18.9 Å². The Hall–Kier alpha value is -3.62. The van der Waals surface area contributed by atoms with E-state index in [1.807, 2.05) is 5.32 Å². The summed E-state index contributed by atoms with van der Waals surface area (Å²) in [7, 11) is 0. The summed E-state index contributed by atoms with van der Waals surface area (Å²) in [5, 5.41) is 2.38. The molecule has 0 saturated carbocycles. The van der Waals surface area contributed by atoms with Crippen LogP contribution in [0.3, 0.4) is 0 Å². The monoisotopic (exact) mass is 390 g/mol. The van der Waals surface area contributed by atoms with Crippen LogP contribution in [0.2, 0.25) is 0 Å². The summed E-state index contributed by atoms with van der Waals surface area (Å²) in [5.41, 5.74) is -0.793. The average molecular weight is 390 g/mol. The third-order valence-corrected chi connectivity index (χ3v) is 3.90. The second-order valence-corrected chi connectivity index (χ2v) is 5.85. The number of para-hydroxylation sites is 1. The Kier molecular flexibility index (Phi) is 5.16. The van der Waals surface area contributed by atoms with Crippen molar-refractivity contribution >= 4 is 28.5 Å². The van der Waals surface area contributed by atoms with E-state index in [1.54, 1.807) is 24.3 Å². The molecule has 2 aromatic carbocycles. The number of pyridine rings is 1. The molecule has 3 aromatic rings. The van der Waals surface area contributed by atoms with E-state index in [0.717, 1.165) is 12.1 Å². The van der Waals surface area contributed by atoms with Gasteiger partial charge in [-0.25, -0.2) is 18.0 Å². The van der Waals surface area contributed by atoms with Crippen LogP contribution in [-0.2, 0) is 9.53 Å². The lowest BCUT2D eigenvalue weighted by atomic mass is 10.2. The molecule has 0 aliphatic carbocycles. The predicted molar refractivity (Wildman–Crippen MR) is 94.4 cm³/mol. The first-order valence-corrected chi connectivity index (χ1v) is 8.05. The third-order valence-electron chi connectivity index (χ3n) is 3.90. The van der Waals surface area contributed by atoms with Gasteiger partial charge in [0, 0.05) is 17.0 Å². The van der Waals surface area contributed by atoms with Crippen LogP contribution in [0.5, 0.6) is 0 Å². The fourth-order valence-corrected chi connectivity index (χ4v) is 2.44. The number of aromatic nitrogens is 1. The molecule has 9 heteroatoms. The lowest BCUT2D eigenvalue weighted by Crippen LogP contribution is -2.31. The number of hydrogen-bond donors (Lipinski definition) is 2. The van der Waals surface area contributed by atoms with Crippen LogP contribution in [0.15, 0.2) is 47.3 Å². The van der Waals surface area contributed by atoms with E-state index in [2.05, 4.69) is 4.98 Å². The maximum atomic E-state index is 13.6. The van der Waals surface area contributed by atoms with Crippen LogP contribution in [0, 0.1) is 17.5 Å². The normalized spacial score (nSPS) is 11.9. The minimum absolute atomic E-state index is 0.178. The number of esters is 1. The van der Waals surface area contributed by atoms with Crippen molar-refractivity contribution in [3.05, 3.63) is 75.8 Å². The summed E-state index contributed by atoms with van der Waals surface area (Å²) in [5.74, 6) is -6.69. The molecule has 28 heavy (non-hydrogen) atoms. The highest BCUT2D eigenvalue weighted by Gasteiger charge is 2.22. The summed E-state index contributed by atoms with van der Waals surface area (Å²) in [6.07, 6.45) is -1.41. The number of H-pyrrole nitrogens is 1. The van der Waals surface area contributed by atoms with Gasteiger partial charge in [0.2, 0.25) is 0 Å². The zero-order chi connectivity index (χ0) is 20.4. The second kappa shape index (κ2) is 7.55. The van der Waals surface area contributed by atoms with Crippen LogP contribution < -0.4 is 10.7 Å². The Labute approximate surface area is 155 Å². The van der Waals surface area contributed by atoms with Gasteiger partial charge in [-0.05, 0) is 31.2 Å². The highest BCUT2D eigenvalue weighted by Crippen LogP contribution is 2.20. The summed E-state index contributed by atoms with van der Waals surface area (Å²) < 4.78 is 44.7. The molecule has 6 nitrogen and oxygen atoms in total. The number of nitrogens with one attached hydrogen (secondary N) is 2. The number of halogens is 3. The molecule has 0 saturated heterocycles. The van der Waals surface area contributed by atoms with Crippen molar-refractivity contribution in [1.82, 2.24) is 4.98 Å². The summed E-state index contributed by atoms with van der Waals surface area (Å²) >= 11 is 0. The first-order chi connectivity index (χ1) is 13.3. The van der Waals surface area contributed by atoms with Gasteiger partial charge in [-0.15, -0.1) is 0 Å². The minimum atomic E-state index is -1.74. The van der Waals surface area contributed by atoms with Gasteiger partial charge >= 0.3 is 5.97 Å². The summed E-state index contributed by atoms with van der Waals surface area (Å²) in [6.45, 7) is 1.20. The van der Waals surface area contributed by atoms with Crippen molar-refractivity contribution in [3.8, 4) is 0 Å². The molecular weight excluding hydrogens is 377 g/mol. The number of rotatable bonds is 4. The average Bonchev–Trinajstić information content (AvgIpc) is 2.68. The lowest BCUT2D eigenvalue weighted by molar-refractivity contribution is -0.123. The van der Waals surface area contributed by atoms with Crippen LogP contribution >= 0.6 is 0 Å². The molecule has 1 aromatic heterocycles. The predicted octanol–water partition coefficient (Wildman–Crippen LogP) is 3.13. The number of hydrogen-bond acceptors (Lipinski definition) is 4. The standard InChI is InChI=1S/C19H13F3N2O4/c1-9(18(26)24-13-7-6-11(20)16(21)17(13)22)28-19(27)14-8-15(25)10-4-2-3-5-12(10)23-14/h2-9H,1H3,(H,23,25)(H,24,26)/t9-/m0/s1. The van der Waals surface area contributed by atoms with E-state index < -0.39 is 46.5 Å². The number of carbonyl (C=O) groups excluding carboxylic acids is 2. The van der Waals surface area contributed by atoms with Crippen molar-refractivity contribution in [2.75, 3.05) is 5.32 Å². The van der Waals surface area contributed by atoms with Crippen molar-refractivity contribution in [2.45, 2.75) is 13.0 Å². The molecule has 0 radical (unpaired) electrons. The Bertz CT molecular complexity index is 1140. The van der Waals surface area contributed by atoms with Crippen molar-refractivity contribution in [2.24, 2.45) is 0 Å². The summed E-state index contributed by atoms with van der Waals surface area (Å²) in [4.78, 5) is 39.1. The highest BCUT2D eigenvalue weighted by molar-refractivity contribution is 5.97. The molecule has 1 heterocycles. The van der Waals surface area contributed by atoms with Gasteiger partial charge < -0.3 is 15.0 Å². The highest BCUT2D eigenvalue weighted by atomic mass is 19.2. The first-order valence-electron chi connectivity index (χ1n) is 8.05. The zero-order valence-electron chi connectivity index (χ0n) is 14.4. The first kappa shape index (κ1) is 19.2. The van der Waals surface area contributed by atoms with Crippen molar-refractivity contribution < 1.29 is 27.5 Å². The molecule has 1 amide bonds. The maximum Gasteiger partial charge on any atom is 0.355 e. The number of fused-ring (bicyclic) bond motifs is 1. The Morgan fingerprint density at radius 2 is 1.79 bits per heavy atom. The number of benzene rings is 2. The largest absolute Gasteiger partial charge is 0.448 e. The van der Waals surface area contributed by atoms with Gasteiger partial charge in [-0.2, -0.15) is 0 Å². The molecular formula is C19H13F3N2O4. The Morgan fingerprint density at radius 3 is 2.54 bits per heavy atom. The number of aromatic amines is 1. The molecule has 2 N–H and O–H groups in total. The van der Waals surface area contributed by atoms with Crippen molar-refractivity contribution in [3.63, 3.8) is 0 Å². The number of ether oxygens (including phenoxy) is 1. The van der Waals surface area contributed by atoms with Gasteiger partial charge in [0.15, 0.2) is 29.0 Å². The van der Waals surface area contributed by atoms with E-state index >= 15 is 0 Å². The quantitative estimate of drug-likeness (QED) is 0.529. The summed E-state index contributed by atoms with van der Waals surface area (Å²) in [6, 6.07) is 9.01. The van der Waals surface area contributed by atoms with Gasteiger partial charge in [0.25, 0.3) is 5.91 Å². The maximum absolute atomic E-state index is 13.6. The zero-order valence-corrected chi connectivity index (χ0v) is 14.4. The molecule has 0 spiro atoms. The molecule has 3 rings (SSSR count). The molecule has 1 atom stereocenters. The Morgan fingerprint density at radius 1 is 1.07 bits per heavy atom. The van der Waals surface area contributed by atoms with E-state index in [9.17, 15) is 27.6 Å². The molecule has 0 aliphatic rings. The smallest absolute Gasteiger partial charge is 0.355 e. The molecule has 0 fully saturated rings. The number of anilines is 1. The third kappa shape index (κ3) is 3.73. The van der Waals surface area contributed by atoms with E-state index in [0.29, 0.717) is 17.0 Å². The molecule has 0 aliphatic heterocycles. The lowest BCUT2D eigenvalue weighted by Gasteiger charge is -2.14. The Balaban J connectivity index is 1.74. The van der Waals surface area contributed by atoms with Gasteiger partial charge in [0.05, 0.1) is 5.69 Å².